The number of carbonyl (C=O) groups is 1. The second kappa shape index (κ2) is 9.03. The lowest BCUT2D eigenvalue weighted by molar-refractivity contribution is 0.141. The summed E-state index contributed by atoms with van der Waals surface area (Å²) in [5, 5.41) is 3.42. The van der Waals surface area contributed by atoms with Crippen LogP contribution in [0.3, 0.4) is 0 Å². The number of aromatic nitrogens is 2. The van der Waals surface area contributed by atoms with E-state index in [2.05, 4.69) is 27.1 Å². The van der Waals surface area contributed by atoms with E-state index in [4.69, 9.17) is 16.3 Å². The summed E-state index contributed by atoms with van der Waals surface area (Å²) in [5.41, 5.74) is 1.44. The predicted molar refractivity (Wildman–Crippen MR) is 90.3 cm³/mol. The molecule has 0 aliphatic carbocycles. The van der Waals surface area contributed by atoms with Crippen molar-refractivity contribution in [2.45, 2.75) is 11.8 Å². The van der Waals surface area contributed by atoms with E-state index in [1.807, 2.05) is 36.6 Å². The van der Waals surface area contributed by atoms with Crippen LogP contribution in [0, 0.1) is 11.8 Å². The van der Waals surface area contributed by atoms with Gasteiger partial charge in [0.2, 0.25) is 0 Å². The van der Waals surface area contributed by atoms with Gasteiger partial charge in [0.05, 0.1) is 12.1 Å². The van der Waals surface area contributed by atoms with Crippen LogP contribution in [0.15, 0.2) is 41.7 Å². The summed E-state index contributed by atoms with van der Waals surface area (Å²) in [6, 6.07) is 9.44. The molecule has 0 saturated heterocycles. The second-order valence-electron chi connectivity index (χ2n) is 4.28. The molecule has 0 spiro atoms. The summed E-state index contributed by atoms with van der Waals surface area (Å²) in [6.45, 7) is 0.365. The number of hydrogen-bond acceptors (Lipinski definition) is 5. The van der Waals surface area contributed by atoms with E-state index in [-0.39, 0.29) is 13.2 Å². The van der Waals surface area contributed by atoms with Crippen molar-refractivity contribution >= 4 is 29.5 Å². The van der Waals surface area contributed by atoms with Crippen LogP contribution >= 0.6 is 23.4 Å². The minimum atomic E-state index is -0.525. The van der Waals surface area contributed by atoms with Gasteiger partial charge in [-0.25, -0.2) is 14.8 Å². The van der Waals surface area contributed by atoms with Gasteiger partial charge in [0.1, 0.15) is 11.8 Å². The Labute approximate surface area is 143 Å². The minimum Gasteiger partial charge on any atom is -0.445 e. The number of alkyl carbamates (subject to hydrolysis) is 1. The maximum atomic E-state index is 11.5. The molecule has 5 nitrogen and oxygen atoms in total. The minimum absolute atomic E-state index is 0.147. The zero-order chi connectivity index (χ0) is 16.5. The number of carbonyl (C=O) groups excluding carboxylic acids is 1. The number of thioether (sulfide) groups is 1. The van der Waals surface area contributed by atoms with Gasteiger partial charge in [0, 0.05) is 6.20 Å². The average Bonchev–Trinajstić information content (AvgIpc) is 2.58. The first-order chi connectivity index (χ1) is 11.2. The second-order valence-corrected chi connectivity index (χ2v) is 5.41. The molecule has 0 unspecified atom stereocenters. The first-order valence-electron chi connectivity index (χ1n) is 6.69. The van der Waals surface area contributed by atoms with Crippen LogP contribution in [0.25, 0.3) is 0 Å². The zero-order valence-electron chi connectivity index (χ0n) is 12.4. The summed E-state index contributed by atoms with van der Waals surface area (Å²) >= 11 is 7.39. The van der Waals surface area contributed by atoms with E-state index in [1.54, 1.807) is 6.20 Å². The third-order valence-electron chi connectivity index (χ3n) is 2.66. The molecule has 1 aromatic heterocycles. The maximum Gasteiger partial charge on any atom is 0.408 e. The smallest absolute Gasteiger partial charge is 0.408 e. The van der Waals surface area contributed by atoms with E-state index in [9.17, 15) is 4.79 Å². The van der Waals surface area contributed by atoms with Crippen LogP contribution in [0.5, 0.6) is 0 Å². The van der Waals surface area contributed by atoms with Crippen molar-refractivity contribution < 1.29 is 9.53 Å². The maximum absolute atomic E-state index is 11.5. The lowest BCUT2D eigenvalue weighted by atomic mass is 10.2. The van der Waals surface area contributed by atoms with Gasteiger partial charge in [0.15, 0.2) is 5.16 Å². The summed E-state index contributed by atoms with van der Waals surface area (Å²) in [5.74, 6) is 5.58. The Balaban J connectivity index is 1.78. The topological polar surface area (TPSA) is 64.1 Å². The normalized spacial score (nSPS) is 9.65. The molecule has 0 saturated carbocycles. The number of ether oxygens (including phenoxy) is 1. The van der Waals surface area contributed by atoms with Gasteiger partial charge < -0.3 is 10.1 Å². The zero-order valence-corrected chi connectivity index (χ0v) is 13.9. The Morgan fingerprint density at radius 3 is 2.87 bits per heavy atom. The van der Waals surface area contributed by atoms with Crippen LogP contribution in [0.4, 0.5) is 4.79 Å². The molecule has 0 fully saturated rings. The summed E-state index contributed by atoms with van der Waals surface area (Å²) < 4.78 is 5.06. The first-order valence-corrected chi connectivity index (χ1v) is 8.29. The molecule has 2 rings (SSSR count). The first kappa shape index (κ1) is 17.1. The Morgan fingerprint density at radius 1 is 1.39 bits per heavy atom. The monoisotopic (exact) mass is 347 g/mol. The number of nitrogens with zero attached hydrogens (tertiary/aromatic N) is 2. The van der Waals surface area contributed by atoms with Crippen molar-refractivity contribution in [2.75, 3.05) is 12.8 Å². The molecule has 1 aromatic carbocycles. The molecule has 0 aliphatic heterocycles. The predicted octanol–water partition coefficient (Wildman–Crippen LogP) is 3.13. The van der Waals surface area contributed by atoms with Crippen LogP contribution in [0.1, 0.15) is 11.1 Å². The SMILES string of the molecule is CSc1ncc(C#CCNC(=O)OCc2ccccc2)c(Cl)n1. The van der Waals surface area contributed by atoms with Gasteiger partial charge in [0.25, 0.3) is 0 Å². The van der Waals surface area contributed by atoms with Crippen LogP contribution < -0.4 is 5.32 Å². The molecule has 2 aromatic rings. The summed E-state index contributed by atoms with van der Waals surface area (Å²) in [6.07, 6.45) is 2.90. The molecule has 0 aliphatic rings. The van der Waals surface area contributed by atoms with Crippen molar-refractivity contribution in [1.29, 1.82) is 0 Å². The van der Waals surface area contributed by atoms with Crippen LogP contribution in [-0.4, -0.2) is 28.9 Å². The number of hydrogen-bond donors (Lipinski definition) is 1. The van der Waals surface area contributed by atoms with Crippen molar-refractivity contribution in [2.24, 2.45) is 0 Å². The number of benzene rings is 1. The van der Waals surface area contributed by atoms with Gasteiger partial charge in [-0.3, -0.25) is 0 Å². The molecule has 0 bridgehead atoms. The Kier molecular flexibility index (Phi) is 6.73. The third-order valence-corrected chi connectivity index (χ3v) is 3.51. The highest BCUT2D eigenvalue weighted by atomic mass is 35.5. The van der Waals surface area contributed by atoms with Crippen LogP contribution in [-0.2, 0) is 11.3 Å². The molecule has 118 valence electrons. The van der Waals surface area contributed by atoms with Gasteiger partial charge in [-0.05, 0) is 11.8 Å². The van der Waals surface area contributed by atoms with Crippen LogP contribution in [0.2, 0.25) is 5.15 Å². The highest BCUT2D eigenvalue weighted by molar-refractivity contribution is 7.98. The summed E-state index contributed by atoms with van der Waals surface area (Å²) in [7, 11) is 0. The van der Waals surface area contributed by atoms with Gasteiger partial charge in [-0.2, -0.15) is 0 Å². The number of rotatable bonds is 4. The highest BCUT2D eigenvalue weighted by Gasteiger charge is 2.02. The van der Waals surface area contributed by atoms with Gasteiger partial charge in [-0.15, -0.1) is 0 Å². The van der Waals surface area contributed by atoms with E-state index >= 15 is 0 Å². The molecule has 23 heavy (non-hydrogen) atoms. The Hall–Kier alpha value is -2.23. The van der Waals surface area contributed by atoms with E-state index < -0.39 is 6.09 Å². The van der Waals surface area contributed by atoms with Crippen molar-refractivity contribution in [1.82, 2.24) is 15.3 Å². The Morgan fingerprint density at radius 2 is 2.17 bits per heavy atom. The third kappa shape index (κ3) is 5.81. The van der Waals surface area contributed by atoms with Gasteiger partial charge in [-0.1, -0.05) is 65.5 Å². The number of nitrogens with one attached hydrogen (secondary N) is 1. The van der Waals surface area contributed by atoms with Crippen molar-refractivity contribution in [3.8, 4) is 11.8 Å². The van der Waals surface area contributed by atoms with Gasteiger partial charge >= 0.3 is 6.09 Å². The lowest BCUT2D eigenvalue weighted by Gasteiger charge is -2.04. The number of halogens is 1. The average molecular weight is 348 g/mol. The molecule has 1 N–H and O–H groups in total. The molecule has 7 heteroatoms. The van der Waals surface area contributed by atoms with Crippen molar-refractivity contribution in [3.05, 3.63) is 52.8 Å². The fraction of sp³-hybridized carbons (Fsp3) is 0.188. The molecule has 0 radical (unpaired) electrons. The lowest BCUT2D eigenvalue weighted by Crippen LogP contribution is -2.24. The van der Waals surface area contributed by atoms with E-state index in [0.29, 0.717) is 15.9 Å². The highest BCUT2D eigenvalue weighted by Crippen LogP contribution is 2.15. The fourth-order valence-electron chi connectivity index (χ4n) is 1.56. The molecule has 1 heterocycles. The van der Waals surface area contributed by atoms with E-state index in [0.717, 1.165) is 5.56 Å². The quantitative estimate of drug-likeness (QED) is 0.398. The Bertz CT molecular complexity index is 729. The fourth-order valence-corrected chi connectivity index (χ4v) is 2.13. The van der Waals surface area contributed by atoms with Crippen molar-refractivity contribution in [3.63, 3.8) is 0 Å². The molecular weight excluding hydrogens is 334 g/mol. The number of amides is 1. The molecule has 0 atom stereocenters. The largest absolute Gasteiger partial charge is 0.445 e. The standard InChI is InChI=1S/C16H14ClN3O2S/c1-23-15-19-10-13(14(17)20-15)8-5-9-18-16(21)22-11-12-6-3-2-4-7-12/h2-4,6-7,10H,9,11H2,1H3,(H,18,21). The van der Waals surface area contributed by atoms with E-state index in [1.165, 1.54) is 11.8 Å². The molecule has 1 amide bonds. The summed E-state index contributed by atoms with van der Waals surface area (Å²) in [4.78, 5) is 19.7. The molecular formula is C16H14ClN3O2S.